The molecule has 0 amide bonds. The van der Waals surface area contributed by atoms with Crippen molar-refractivity contribution in [2.45, 2.75) is 27.7 Å². The molecule has 0 N–H and O–H groups in total. The Balaban J connectivity index is 2.00. The molecule has 2 heterocycles. The normalized spacial score (nSPS) is 11.4. The maximum Gasteiger partial charge on any atom is 0.134 e. The second kappa shape index (κ2) is 7.59. The van der Waals surface area contributed by atoms with Gasteiger partial charge in [0.05, 0.1) is 12.2 Å². The van der Waals surface area contributed by atoms with Crippen molar-refractivity contribution in [2.75, 3.05) is 6.61 Å². The standard InChI is InChI=1S/C21H21N3OS/c1-5-25-20-8-6-19(7-9-20)24-15(3)10-17(16(24)4)11-18(12-22)21-23-14(2)13-26-21/h6-11,13H,5H2,1-4H3/b18-11-. The number of hydrogen-bond donors (Lipinski definition) is 0. The van der Waals surface area contributed by atoms with E-state index in [2.05, 4.69) is 35.5 Å². The number of benzene rings is 1. The third kappa shape index (κ3) is 3.56. The molecule has 0 aliphatic heterocycles. The van der Waals surface area contributed by atoms with Gasteiger partial charge in [-0.1, -0.05) is 0 Å². The summed E-state index contributed by atoms with van der Waals surface area (Å²) in [6.07, 6.45) is 1.92. The minimum Gasteiger partial charge on any atom is -0.494 e. The minimum atomic E-state index is 0.593. The third-order valence-electron chi connectivity index (χ3n) is 4.15. The lowest BCUT2D eigenvalue weighted by molar-refractivity contribution is 0.340. The molecule has 0 spiro atoms. The van der Waals surface area contributed by atoms with E-state index in [1.165, 1.54) is 11.3 Å². The summed E-state index contributed by atoms with van der Waals surface area (Å²) < 4.78 is 7.70. The Morgan fingerprint density at radius 3 is 2.58 bits per heavy atom. The fraction of sp³-hybridized carbons (Fsp3) is 0.238. The molecule has 3 rings (SSSR count). The van der Waals surface area contributed by atoms with Crippen molar-refractivity contribution in [1.82, 2.24) is 9.55 Å². The lowest BCUT2D eigenvalue weighted by Gasteiger charge is -2.11. The number of ether oxygens (including phenoxy) is 1. The van der Waals surface area contributed by atoms with Gasteiger partial charge in [0.2, 0.25) is 0 Å². The first-order chi connectivity index (χ1) is 12.5. The molecule has 1 aromatic carbocycles. The van der Waals surface area contributed by atoms with Gasteiger partial charge >= 0.3 is 0 Å². The number of nitriles is 1. The van der Waals surface area contributed by atoms with Crippen molar-refractivity contribution in [3.05, 3.63) is 63.4 Å². The van der Waals surface area contributed by atoms with E-state index < -0.39 is 0 Å². The van der Waals surface area contributed by atoms with Crippen molar-refractivity contribution >= 4 is 23.0 Å². The average molecular weight is 363 g/mol. The Labute approximate surface area is 158 Å². The van der Waals surface area contributed by atoms with Crippen molar-refractivity contribution in [2.24, 2.45) is 0 Å². The molecule has 0 radical (unpaired) electrons. The van der Waals surface area contributed by atoms with E-state index in [1.807, 2.05) is 49.6 Å². The molecule has 0 atom stereocenters. The quantitative estimate of drug-likeness (QED) is 0.576. The first kappa shape index (κ1) is 18.0. The molecular weight excluding hydrogens is 342 g/mol. The zero-order chi connectivity index (χ0) is 18.7. The van der Waals surface area contributed by atoms with Crippen LogP contribution in [0.3, 0.4) is 0 Å². The Morgan fingerprint density at radius 1 is 1.27 bits per heavy atom. The summed E-state index contributed by atoms with van der Waals surface area (Å²) in [5, 5.41) is 12.3. The highest BCUT2D eigenvalue weighted by molar-refractivity contribution is 7.11. The molecule has 0 aliphatic carbocycles. The van der Waals surface area contributed by atoms with Gasteiger partial charge in [0, 0.05) is 28.1 Å². The maximum absolute atomic E-state index is 9.54. The smallest absolute Gasteiger partial charge is 0.134 e. The lowest BCUT2D eigenvalue weighted by Crippen LogP contribution is -1.99. The predicted octanol–water partition coefficient (Wildman–Crippen LogP) is 5.32. The molecule has 132 valence electrons. The van der Waals surface area contributed by atoms with Gasteiger partial charge in [-0.2, -0.15) is 5.26 Å². The van der Waals surface area contributed by atoms with Crippen LogP contribution in [0.15, 0.2) is 35.7 Å². The van der Waals surface area contributed by atoms with E-state index in [1.54, 1.807) is 0 Å². The SMILES string of the molecule is CCOc1ccc(-n2c(C)cc(/C=C(/C#N)c3nc(C)cs3)c2C)cc1. The van der Waals surface area contributed by atoms with Gasteiger partial charge in [-0.3, -0.25) is 0 Å². The van der Waals surface area contributed by atoms with Crippen molar-refractivity contribution in [1.29, 1.82) is 5.26 Å². The fourth-order valence-electron chi connectivity index (χ4n) is 2.96. The number of aromatic nitrogens is 2. The summed E-state index contributed by atoms with van der Waals surface area (Å²) in [7, 11) is 0. The van der Waals surface area contributed by atoms with Crippen molar-refractivity contribution in [3.8, 4) is 17.5 Å². The molecule has 5 heteroatoms. The van der Waals surface area contributed by atoms with Crippen LogP contribution < -0.4 is 4.74 Å². The van der Waals surface area contributed by atoms with Crippen LogP contribution in [0, 0.1) is 32.1 Å². The minimum absolute atomic E-state index is 0.593. The summed E-state index contributed by atoms with van der Waals surface area (Å²) in [5.41, 5.74) is 5.84. The van der Waals surface area contributed by atoms with Crippen LogP contribution in [0.2, 0.25) is 0 Å². The van der Waals surface area contributed by atoms with E-state index in [0.717, 1.165) is 39.1 Å². The van der Waals surface area contributed by atoms with Gasteiger partial charge in [0.1, 0.15) is 16.8 Å². The van der Waals surface area contributed by atoms with E-state index in [-0.39, 0.29) is 0 Å². The van der Waals surface area contributed by atoms with Crippen LogP contribution in [-0.2, 0) is 0 Å². The number of hydrogen-bond acceptors (Lipinski definition) is 4. The molecule has 3 aromatic rings. The zero-order valence-corrected chi connectivity index (χ0v) is 16.2. The van der Waals surface area contributed by atoms with Gasteiger partial charge in [0.25, 0.3) is 0 Å². The van der Waals surface area contributed by atoms with Crippen LogP contribution in [0.25, 0.3) is 17.3 Å². The van der Waals surface area contributed by atoms with Gasteiger partial charge in [-0.25, -0.2) is 4.98 Å². The van der Waals surface area contributed by atoms with E-state index >= 15 is 0 Å². The zero-order valence-electron chi connectivity index (χ0n) is 15.4. The monoisotopic (exact) mass is 363 g/mol. The second-order valence-corrected chi connectivity index (χ2v) is 6.91. The largest absolute Gasteiger partial charge is 0.494 e. The van der Waals surface area contributed by atoms with Crippen LogP contribution in [0.5, 0.6) is 5.75 Å². The molecular formula is C21H21N3OS. The molecule has 0 saturated carbocycles. The van der Waals surface area contributed by atoms with Gasteiger partial charge in [0.15, 0.2) is 0 Å². The number of allylic oxidation sites excluding steroid dienone is 1. The summed E-state index contributed by atoms with van der Waals surface area (Å²) >= 11 is 1.50. The first-order valence-electron chi connectivity index (χ1n) is 8.50. The highest BCUT2D eigenvalue weighted by Gasteiger charge is 2.12. The molecule has 2 aromatic heterocycles. The van der Waals surface area contributed by atoms with Crippen LogP contribution in [-0.4, -0.2) is 16.2 Å². The molecule has 0 aliphatic rings. The number of aryl methyl sites for hydroxylation is 2. The molecule has 4 nitrogen and oxygen atoms in total. The summed E-state index contributed by atoms with van der Waals surface area (Å²) in [6, 6.07) is 12.4. The Hall–Kier alpha value is -2.84. The van der Waals surface area contributed by atoms with E-state index in [4.69, 9.17) is 4.74 Å². The molecule has 0 unspecified atom stereocenters. The predicted molar refractivity (Wildman–Crippen MR) is 107 cm³/mol. The average Bonchev–Trinajstić information content (AvgIpc) is 3.17. The molecule has 0 saturated heterocycles. The lowest BCUT2D eigenvalue weighted by atomic mass is 10.1. The summed E-state index contributed by atoms with van der Waals surface area (Å²) in [6.45, 7) is 8.71. The molecule has 0 fully saturated rings. The van der Waals surface area contributed by atoms with Gasteiger partial charge < -0.3 is 9.30 Å². The third-order valence-corrected chi connectivity index (χ3v) is 5.14. The number of thiazole rings is 1. The Morgan fingerprint density at radius 2 is 2.00 bits per heavy atom. The highest BCUT2D eigenvalue weighted by atomic mass is 32.1. The Bertz CT molecular complexity index is 987. The fourth-order valence-corrected chi connectivity index (χ4v) is 3.73. The topological polar surface area (TPSA) is 50.8 Å². The number of rotatable bonds is 5. The highest BCUT2D eigenvalue weighted by Crippen LogP contribution is 2.27. The number of nitrogens with zero attached hydrogens (tertiary/aromatic N) is 3. The van der Waals surface area contributed by atoms with Crippen LogP contribution >= 0.6 is 11.3 Å². The van der Waals surface area contributed by atoms with Gasteiger partial charge in [-0.05, 0) is 69.7 Å². The van der Waals surface area contributed by atoms with Crippen molar-refractivity contribution in [3.63, 3.8) is 0 Å². The van der Waals surface area contributed by atoms with E-state index in [0.29, 0.717) is 12.2 Å². The second-order valence-electron chi connectivity index (χ2n) is 6.05. The summed E-state index contributed by atoms with van der Waals surface area (Å²) in [4.78, 5) is 4.43. The maximum atomic E-state index is 9.54. The summed E-state index contributed by atoms with van der Waals surface area (Å²) in [5.74, 6) is 0.865. The van der Waals surface area contributed by atoms with Gasteiger partial charge in [-0.15, -0.1) is 11.3 Å². The first-order valence-corrected chi connectivity index (χ1v) is 9.38. The van der Waals surface area contributed by atoms with Crippen molar-refractivity contribution < 1.29 is 4.74 Å². The Kier molecular flexibility index (Phi) is 5.24. The van der Waals surface area contributed by atoms with E-state index in [9.17, 15) is 5.26 Å². The van der Waals surface area contributed by atoms with Crippen LogP contribution in [0.1, 0.15) is 34.6 Å². The molecule has 0 bridgehead atoms. The molecule has 26 heavy (non-hydrogen) atoms. The van der Waals surface area contributed by atoms with Crippen LogP contribution in [0.4, 0.5) is 0 Å².